The summed E-state index contributed by atoms with van der Waals surface area (Å²) >= 11 is 0. The molecule has 2 aromatic carbocycles. The van der Waals surface area contributed by atoms with Crippen molar-refractivity contribution in [3.8, 4) is 5.75 Å². The van der Waals surface area contributed by atoms with E-state index in [0.717, 1.165) is 16.8 Å². The molecule has 1 aliphatic heterocycles. The van der Waals surface area contributed by atoms with Crippen molar-refractivity contribution in [1.82, 2.24) is 0 Å². The standard InChI is InChI=1S/C15H13NO2/c1-10-6-7-14-11(8-10)9-16-13-5-3-2-4-12(13)15(17)18-14/h2-8,16H,9H2,1H3. The maximum Gasteiger partial charge on any atom is 0.345 e. The minimum atomic E-state index is -0.317. The van der Waals surface area contributed by atoms with E-state index in [4.69, 9.17) is 4.74 Å². The van der Waals surface area contributed by atoms with Crippen molar-refractivity contribution in [2.45, 2.75) is 13.5 Å². The zero-order valence-corrected chi connectivity index (χ0v) is 10.1. The summed E-state index contributed by atoms with van der Waals surface area (Å²) in [5, 5.41) is 3.28. The molecular formula is C15H13NO2. The van der Waals surface area contributed by atoms with Crippen LogP contribution in [0.15, 0.2) is 42.5 Å². The number of nitrogens with one attached hydrogen (secondary N) is 1. The van der Waals surface area contributed by atoms with Gasteiger partial charge in [-0.3, -0.25) is 0 Å². The summed E-state index contributed by atoms with van der Waals surface area (Å²) < 4.78 is 5.44. The van der Waals surface area contributed by atoms with E-state index in [2.05, 4.69) is 5.32 Å². The molecule has 18 heavy (non-hydrogen) atoms. The molecule has 1 N–H and O–H groups in total. The van der Waals surface area contributed by atoms with E-state index in [9.17, 15) is 4.79 Å². The number of carbonyl (C=O) groups is 1. The molecule has 3 rings (SSSR count). The number of para-hydroxylation sites is 1. The van der Waals surface area contributed by atoms with Crippen LogP contribution in [0.3, 0.4) is 0 Å². The average molecular weight is 239 g/mol. The fourth-order valence-electron chi connectivity index (χ4n) is 2.11. The van der Waals surface area contributed by atoms with Gasteiger partial charge in [0.05, 0.1) is 5.56 Å². The Morgan fingerprint density at radius 2 is 2.00 bits per heavy atom. The maximum atomic E-state index is 12.0. The summed E-state index contributed by atoms with van der Waals surface area (Å²) in [6, 6.07) is 13.2. The number of benzene rings is 2. The molecule has 0 unspecified atom stereocenters. The Balaban J connectivity index is 2.06. The van der Waals surface area contributed by atoms with Crippen LogP contribution in [-0.4, -0.2) is 5.97 Å². The number of hydrogen-bond donors (Lipinski definition) is 1. The van der Waals surface area contributed by atoms with Crippen LogP contribution in [0.2, 0.25) is 0 Å². The first kappa shape index (κ1) is 10.8. The monoisotopic (exact) mass is 239 g/mol. The maximum absolute atomic E-state index is 12.0. The number of ether oxygens (including phenoxy) is 1. The zero-order valence-electron chi connectivity index (χ0n) is 10.1. The van der Waals surface area contributed by atoms with E-state index >= 15 is 0 Å². The molecule has 0 saturated carbocycles. The van der Waals surface area contributed by atoms with E-state index in [0.29, 0.717) is 17.9 Å². The van der Waals surface area contributed by atoms with Crippen LogP contribution < -0.4 is 10.1 Å². The van der Waals surface area contributed by atoms with Gasteiger partial charge >= 0.3 is 5.97 Å². The van der Waals surface area contributed by atoms with E-state index < -0.39 is 0 Å². The van der Waals surface area contributed by atoms with Crippen LogP contribution in [0, 0.1) is 6.92 Å². The van der Waals surface area contributed by atoms with Crippen molar-refractivity contribution >= 4 is 11.7 Å². The van der Waals surface area contributed by atoms with Gasteiger partial charge < -0.3 is 10.1 Å². The Hall–Kier alpha value is -2.29. The Morgan fingerprint density at radius 1 is 1.17 bits per heavy atom. The highest BCUT2D eigenvalue weighted by atomic mass is 16.5. The van der Waals surface area contributed by atoms with Gasteiger partial charge in [0.25, 0.3) is 0 Å². The molecule has 1 aliphatic rings. The largest absolute Gasteiger partial charge is 0.423 e. The molecule has 0 spiro atoms. The minimum absolute atomic E-state index is 0.317. The number of esters is 1. The van der Waals surface area contributed by atoms with Gasteiger partial charge in [-0.05, 0) is 25.1 Å². The molecule has 0 atom stereocenters. The molecule has 3 heteroatoms. The SMILES string of the molecule is Cc1ccc2c(c1)CNc1ccccc1C(=O)O2. The highest BCUT2D eigenvalue weighted by Crippen LogP contribution is 2.27. The smallest absolute Gasteiger partial charge is 0.345 e. The van der Waals surface area contributed by atoms with Gasteiger partial charge in [0.15, 0.2) is 0 Å². The number of rotatable bonds is 0. The number of hydrogen-bond acceptors (Lipinski definition) is 3. The van der Waals surface area contributed by atoms with E-state index in [1.807, 2.05) is 43.3 Å². The summed E-state index contributed by atoms with van der Waals surface area (Å²) in [4.78, 5) is 12.0. The van der Waals surface area contributed by atoms with Crippen LogP contribution >= 0.6 is 0 Å². The second-order valence-electron chi connectivity index (χ2n) is 4.40. The Kier molecular flexibility index (Phi) is 2.52. The highest BCUT2D eigenvalue weighted by molar-refractivity contribution is 5.97. The number of fused-ring (bicyclic) bond motifs is 2. The van der Waals surface area contributed by atoms with Gasteiger partial charge in [-0.1, -0.05) is 29.8 Å². The van der Waals surface area contributed by atoms with Crippen molar-refractivity contribution in [2.24, 2.45) is 0 Å². The quantitative estimate of drug-likeness (QED) is 0.567. The van der Waals surface area contributed by atoms with Crippen LogP contribution in [0.4, 0.5) is 5.69 Å². The van der Waals surface area contributed by atoms with E-state index in [-0.39, 0.29) is 5.97 Å². The molecule has 0 aromatic heterocycles. The lowest BCUT2D eigenvalue weighted by molar-refractivity contribution is 0.0733. The van der Waals surface area contributed by atoms with E-state index in [1.165, 1.54) is 0 Å². The molecule has 0 radical (unpaired) electrons. The summed E-state index contributed by atoms with van der Waals surface area (Å²) in [6.45, 7) is 2.68. The molecule has 0 amide bonds. The van der Waals surface area contributed by atoms with Gasteiger partial charge in [0.1, 0.15) is 5.75 Å². The predicted octanol–water partition coefficient (Wildman–Crippen LogP) is 3.14. The fourth-order valence-corrected chi connectivity index (χ4v) is 2.11. The number of anilines is 1. The first-order valence-electron chi connectivity index (χ1n) is 5.88. The van der Waals surface area contributed by atoms with Gasteiger partial charge in [-0.15, -0.1) is 0 Å². The Bertz CT molecular complexity index is 620. The van der Waals surface area contributed by atoms with Crippen molar-refractivity contribution in [2.75, 3.05) is 5.32 Å². The first-order valence-corrected chi connectivity index (χ1v) is 5.88. The molecule has 0 fully saturated rings. The van der Waals surface area contributed by atoms with Gasteiger partial charge in [0, 0.05) is 17.8 Å². The zero-order chi connectivity index (χ0) is 12.5. The van der Waals surface area contributed by atoms with Crippen molar-refractivity contribution in [1.29, 1.82) is 0 Å². The van der Waals surface area contributed by atoms with Gasteiger partial charge in [-0.2, -0.15) is 0 Å². The second kappa shape index (κ2) is 4.18. The second-order valence-corrected chi connectivity index (χ2v) is 4.40. The number of aryl methyl sites for hydroxylation is 1. The van der Waals surface area contributed by atoms with Crippen molar-refractivity contribution in [3.63, 3.8) is 0 Å². The summed E-state index contributed by atoms with van der Waals surface area (Å²) in [5.41, 5.74) is 3.54. The molecule has 0 aliphatic carbocycles. The highest BCUT2D eigenvalue weighted by Gasteiger charge is 2.18. The first-order chi connectivity index (χ1) is 8.74. The minimum Gasteiger partial charge on any atom is -0.423 e. The van der Waals surface area contributed by atoms with Gasteiger partial charge in [0.2, 0.25) is 0 Å². The molecule has 1 heterocycles. The van der Waals surface area contributed by atoms with E-state index in [1.54, 1.807) is 6.07 Å². The topological polar surface area (TPSA) is 38.3 Å². The fraction of sp³-hybridized carbons (Fsp3) is 0.133. The lowest BCUT2D eigenvalue weighted by Crippen LogP contribution is -2.17. The molecular weight excluding hydrogens is 226 g/mol. The van der Waals surface area contributed by atoms with Crippen LogP contribution in [-0.2, 0) is 6.54 Å². The van der Waals surface area contributed by atoms with Crippen LogP contribution in [0.25, 0.3) is 0 Å². The summed E-state index contributed by atoms with van der Waals surface area (Å²) in [7, 11) is 0. The van der Waals surface area contributed by atoms with Gasteiger partial charge in [-0.25, -0.2) is 4.79 Å². The van der Waals surface area contributed by atoms with Crippen molar-refractivity contribution in [3.05, 3.63) is 59.2 Å². The normalized spacial score (nSPS) is 13.5. The lowest BCUT2D eigenvalue weighted by Gasteiger charge is -2.18. The van der Waals surface area contributed by atoms with Crippen molar-refractivity contribution < 1.29 is 9.53 Å². The third kappa shape index (κ3) is 1.84. The summed E-state index contributed by atoms with van der Waals surface area (Å²) in [6.07, 6.45) is 0. The van der Waals surface area contributed by atoms with Crippen LogP contribution in [0.1, 0.15) is 21.5 Å². The molecule has 90 valence electrons. The predicted molar refractivity (Wildman–Crippen MR) is 69.9 cm³/mol. The van der Waals surface area contributed by atoms with Crippen LogP contribution in [0.5, 0.6) is 5.75 Å². The third-order valence-electron chi connectivity index (χ3n) is 3.03. The molecule has 3 nitrogen and oxygen atoms in total. The third-order valence-corrected chi connectivity index (χ3v) is 3.03. The molecule has 0 bridgehead atoms. The number of carbonyl (C=O) groups excluding carboxylic acids is 1. The Morgan fingerprint density at radius 3 is 2.89 bits per heavy atom. The molecule has 0 saturated heterocycles. The Labute approximate surface area is 105 Å². The molecule has 2 aromatic rings. The summed E-state index contributed by atoms with van der Waals surface area (Å²) in [5.74, 6) is 0.315. The lowest BCUT2D eigenvalue weighted by atomic mass is 10.1. The average Bonchev–Trinajstić information content (AvgIpc) is 2.37.